The molecule has 0 radical (unpaired) electrons. The van der Waals surface area contributed by atoms with Crippen LogP contribution in [-0.4, -0.2) is 18.2 Å². The van der Waals surface area contributed by atoms with Crippen molar-refractivity contribution >= 4 is 5.97 Å². The van der Waals surface area contributed by atoms with Crippen LogP contribution >= 0.6 is 0 Å². The summed E-state index contributed by atoms with van der Waals surface area (Å²) < 4.78 is 4.99. The third-order valence-electron chi connectivity index (χ3n) is 2.76. The van der Waals surface area contributed by atoms with E-state index in [1.807, 2.05) is 48.5 Å². The second kappa shape index (κ2) is 5.47. The summed E-state index contributed by atoms with van der Waals surface area (Å²) in [4.78, 5) is 11.1. The number of methoxy groups -OCH3 is 1. The molecule has 0 aliphatic heterocycles. The summed E-state index contributed by atoms with van der Waals surface area (Å²) in [7, 11) is 1.40. The highest BCUT2D eigenvalue weighted by atomic mass is 16.5. The lowest BCUT2D eigenvalue weighted by Crippen LogP contribution is -2.13. The maximum atomic E-state index is 11.1. The average Bonchev–Trinajstić information content (AvgIpc) is 2.40. The second-order valence-electron chi connectivity index (χ2n) is 3.95. The third kappa shape index (κ3) is 2.57. The van der Waals surface area contributed by atoms with Crippen LogP contribution in [0.5, 0.6) is 0 Å². The first kappa shape index (κ1) is 12.3. The van der Waals surface area contributed by atoms with E-state index in [4.69, 9.17) is 9.84 Å². The Hall–Kier alpha value is -2.13. The molecule has 0 aliphatic carbocycles. The van der Waals surface area contributed by atoms with Crippen LogP contribution in [0.3, 0.4) is 0 Å². The lowest BCUT2D eigenvalue weighted by Gasteiger charge is -2.12. The van der Waals surface area contributed by atoms with Crippen LogP contribution in [0.4, 0.5) is 0 Å². The van der Waals surface area contributed by atoms with Gasteiger partial charge in [0.25, 0.3) is 0 Å². The predicted octanol–water partition coefficient (Wildman–Crippen LogP) is 3.13. The van der Waals surface area contributed by atoms with Gasteiger partial charge >= 0.3 is 5.97 Å². The molecule has 0 heterocycles. The minimum absolute atomic E-state index is 0.645. The van der Waals surface area contributed by atoms with Crippen LogP contribution < -0.4 is 0 Å². The van der Waals surface area contributed by atoms with Crippen molar-refractivity contribution in [3.05, 3.63) is 60.2 Å². The number of benzene rings is 2. The molecule has 92 valence electrons. The van der Waals surface area contributed by atoms with Gasteiger partial charge in [0.2, 0.25) is 0 Å². The monoisotopic (exact) mass is 242 g/mol. The van der Waals surface area contributed by atoms with Crippen molar-refractivity contribution in [1.82, 2.24) is 0 Å². The number of carboxylic acid groups (broad SMARTS) is 1. The summed E-state index contributed by atoms with van der Waals surface area (Å²) in [6, 6.07) is 17.2. The molecule has 0 saturated carbocycles. The molecule has 1 unspecified atom stereocenters. The van der Waals surface area contributed by atoms with Gasteiger partial charge in [-0.15, -0.1) is 0 Å². The summed E-state index contributed by atoms with van der Waals surface area (Å²) in [6.07, 6.45) is -0.923. The van der Waals surface area contributed by atoms with E-state index in [0.29, 0.717) is 5.56 Å². The quantitative estimate of drug-likeness (QED) is 0.896. The Labute approximate surface area is 106 Å². The number of carbonyl (C=O) groups is 1. The van der Waals surface area contributed by atoms with Crippen LogP contribution in [0.25, 0.3) is 11.1 Å². The number of ether oxygens (including phenoxy) is 1. The summed E-state index contributed by atoms with van der Waals surface area (Å²) in [5.74, 6) is -0.984. The molecule has 0 saturated heterocycles. The lowest BCUT2D eigenvalue weighted by molar-refractivity contribution is -0.148. The molecule has 3 heteroatoms. The van der Waals surface area contributed by atoms with Crippen LogP contribution in [0.1, 0.15) is 11.7 Å². The van der Waals surface area contributed by atoms with E-state index in [1.54, 1.807) is 6.07 Å². The Morgan fingerprint density at radius 2 is 1.72 bits per heavy atom. The summed E-state index contributed by atoms with van der Waals surface area (Å²) in [5, 5.41) is 9.06. The number of carboxylic acids is 1. The molecule has 3 nitrogen and oxygen atoms in total. The van der Waals surface area contributed by atoms with Crippen molar-refractivity contribution in [2.24, 2.45) is 0 Å². The zero-order valence-electron chi connectivity index (χ0n) is 10.0. The van der Waals surface area contributed by atoms with Crippen LogP contribution in [0.2, 0.25) is 0 Å². The van der Waals surface area contributed by atoms with Crippen molar-refractivity contribution in [2.45, 2.75) is 6.10 Å². The van der Waals surface area contributed by atoms with Gasteiger partial charge in [0.1, 0.15) is 0 Å². The Balaban J connectivity index is 2.39. The van der Waals surface area contributed by atoms with Gasteiger partial charge in [-0.1, -0.05) is 48.5 Å². The van der Waals surface area contributed by atoms with Crippen molar-refractivity contribution in [1.29, 1.82) is 0 Å². The van der Waals surface area contributed by atoms with Crippen LogP contribution in [0, 0.1) is 0 Å². The van der Waals surface area contributed by atoms with E-state index in [0.717, 1.165) is 11.1 Å². The molecule has 1 N–H and O–H groups in total. The zero-order chi connectivity index (χ0) is 13.0. The summed E-state index contributed by atoms with van der Waals surface area (Å²) in [6.45, 7) is 0. The number of hydrogen-bond donors (Lipinski definition) is 1. The highest BCUT2D eigenvalue weighted by molar-refractivity contribution is 5.75. The normalized spacial score (nSPS) is 12.1. The standard InChI is InChI=1S/C15H14O3/c1-18-14(15(16)17)13-9-5-8-12(10-13)11-6-3-2-4-7-11/h2-10,14H,1H3,(H,16,17). The Morgan fingerprint density at radius 1 is 1.06 bits per heavy atom. The van der Waals surface area contributed by atoms with E-state index in [-0.39, 0.29) is 0 Å². The lowest BCUT2D eigenvalue weighted by atomic mass is 10.0. The Bertz CT molecular complexity index is 534. The first-order valence-corrected chi connectivity index (χ1v) is 5.63. The molecule has 0 amide bonds. The zero-order valence-corrected chi connectivity index (χ0v) is 10.0. The Kier molecular flexibility index (Phi) is 3.75. The van der Waals surface area contributed by atoms with Crippen LogP contribution in [0.15, 0.2) is 54.6 Å². The van der Waals surface area contributed by atoms with Crippen molar-refractivity contribution in [2.75, 3.05) is 7.11 Å². The molecule has 0 aliphatic rings. The van der Waals surface area contributed by atoms with Gasteiger partial charge in [-0.2, -0.15) is 0 Å². The fraction of sp³-hybridized carbons (Fsp3) is 0.133. The summed E-state index contributed by atoms with van der Waals surface area (Å²) in [5.41, 5.74) is 2.68. The van der Waals surface area contributed by atoms with Gasteiger partial charge < -0.3 is 9.84 Å². The third-order valence-corrected chi connectivity index (χ3v) is 2.76. The SMILES string of the molecule is COC(C(=O)O)c1cccc(-c2ccccc2)c1. The van der Waals surface area contributed by atoms with Gasteiger partial charge in [0.15, 0.2) is 6.10 Å². The molecule has 18 heavy (non-hydrogen) atoms. The molecular weight excluding hydrogens is 228 g/mol. The topological polar surface area (TPSA) is 46.5 Å². The van der Waals surface area contributed by atoms with Gasteiger partial charge in [-0.25, -0.2) is 4.79 Å². The molecule has 2 aromatic carbocycles. The molecule has 0 aromatic heterocycles. The highest BCUT2D eigenvalue weighted by Gasteiger charge is 2.18. The van der Waals surface area contributed by atoms with E-state index < -0.39 is 12.1 Å². The van der Waals surface area contributed by atoms with E-state index in [1.165, 1.54) is 7.11 Å². The highest BCUT2D eigenvalue weighted by Crippen LogP contribution is 2.24. The minimum atomic E-state index is -0.984. The van der Waals surface area contributed by atoms with Crippen molar-refractivity contribution < 1.29 is 14.6 Å². The largest absolute Gasteiger partial charge is 0.479 e. The number of aliphatic carboxylic acids is 1. The van der Waals surface area contributed by atoms with E-state index in [2.05, 4.69) is 0 Å². The fourth-order valence-corrected chi connectivity index (χ4v) is 1.89. The number of rotatable bonds is 4. The molecule has 2 rings (SSSR count). The predicted molar refractivity (Wildman–Crippen MR) is 69.3 cm³/mol. The van der Waals surface area contributed by atoms with Crippen LogP contribution in [-0.2, 0) is 9.53 Å². The van der Waals surface area contributed by atoms with E-state index in [9.17, 15) is 4.79 Å². The average molecular weight is 242 g/mol. The van der Waals surface area contributed by atoms with Gasteiger partial charge in [0, 0.05) is 7.11 Å². The first-order valence-electron chi connectivity index (χ1n) is 5.63. The first-order chi connectivity index (χ1) is 8.72. The minimum Gasteiger partial charge on any atom is -0.479 e. The Morgan fingerprint density at radius 3 is 2.33 bits per heavy atom. The second-order valence-corrected chi connectivity index (χ2v) is 3.95. The maximum Gasteiger partial charge on any atom is 0.337 e. The maximum absolute atomic E-state index is 11.1. The fourth-order valence-electron chi connectivity index (χ4n) is 1.89. The smallest absolute Gasteiger partial charge is 0.337 e. The number of hydrogen-bond acceptors (Lipinski definition) is 2. The van der Waals surface area contributed by atoms with Gasteiger partial charge in [0.05, 0.1) is 0 Å². The van der Waals surface area contributed by atoms with Crippen molar-refractivity contribution in [3.8, 4) is 11.1 Å². The van der Waals surface area contributed by atoms with Gasteiger partial charge in [-0.3, -0.25) is 0 Å². The molecule has 0 spiro atoms. The van der Waals surface area contributed by atoms with E-state index >= 15 is 0 Å². The van der Waals surface area contributed by atoms with Crippen molar-refractivity contribution in [3.63, 3.8) is 0 Å². The molecule has 2 aromatic rings. The van der Waals surface area contributed by atoms with Gasteiger partial charge in [-0.05, 0) is 22.8 Å². The summed E-state index contributed by atoms with van der Waals surface area (Å²) >= 11 is 0. The molecule has 0 bridgehead atoms. The molecule has 0 fully saturated rings. The molecule has 1 atom stereocenters. The molecular formula is C15H14O3.